The Labute approximate surface area is 109 Å². The molecule has 6 heteroatoms. The summed E-state index contributed by atoms with van der Waals surface area (Å²) in [5.74, 6) is 1.57. The molecule has 0 amide bonds. The number of nitrogens with zero attached hydrogens (tertiary/aromatic N) is 3. The van der Waals surface area contributed by atoms with E-state index in [0.29, 0.717) is 23.0 Å². The smallest absolute Gasteiger partial charge is 0.165 e. The highest BCUT2D eigenvalue weighted by molar-refractivity contribution is 5.97. The van der Waals surface area contributed by atoms with Crippen molar-refractivity contribution in [3.63, 3.8) is 0 Å². The number of benzene rings is 1. The van der Waals surface area contributed by atoms with Gasteiger partial charge in [-0.25, -0.2) is 15.0 Å². The van der Waals surface area contributed by atoms with Crippen LogP contribution < -0.4 is 16.2 Å². The van der Waals surface area contributed by atoms with Crippen molar-refractivity contribution < 1.29 is 4.74 Å². The molecule has 3 aromatic rings. The number of rotatable bonds is 2. The van der Waals surface area contributed by atoms with Crippen molar-refractivity contribution in [2.45, 2.75) is 6.54 Å². The lowest BCUT2D eigenvalue weighted by Crippen LogP contribution is -2.06. The summed E-state index contributed by atoms with van der Waals surface area (Å²) in [4.78, 5) is 12.9. The minimum atomic E-state index is 0.228. The van der Waals surface area contributed by atoms with E-state index < -0.39 is 0 Å². The number of anilines is 1. The third-order valence-electron chi connectivity index (χ3n) is 2.95. The Balaban J connectivity index is 2.42. The summed E-state index contributed by atoms with van der Waals surface area (Å²) in [6.07, 6.45) is 0. The van der Waals surface area contributed by atoms with E-state index in [-0.39, 0.29) is 6.54 Å². The number of aromatic nitrogens is 3. The molecule has 2 heterocycles. The number of ether oxygens (including phenoxy) is 1. The molecule has 0 saturated heterocycles. The van der Waals surface area contributed by atoms with Crippen LogP contribution in [-0.2, 0) is 6.54 Å². The quantitative estimate of drug-likeness (QED) is 0.668. The summed E-state index contributed by atoms with van der Waals surface area (Å²) in [7, 11) is 1.61. The summed E-state index contributed by atoms with van der Waals surface area (Å²) in [5, 5.41) is 1.65. The van der Waals surface area contributed by atoms with Crippen molar-refractivity contribution in [3.8, 4) is 5.75 Å². The molecule has 1 aromatic carbocycles. The van der Waals surface area contributed by atoms with Gasteiger partial charge < -0.3 is 16.2 Å². The Hall–Kier alpha value is -2.47. The van der Waals surface area contributed by atoms with Gasteiger partial charge in [-0.1, -0.05) is 12.1 Å². The molecule has 6 nitrogen and oxygen atoms in total. The van der Waals surface area contributed by atoms with Gasteiger partial charge in [0, 0.05) is 5.39 Å². The van der Waals surface area contributed by atoms with Gasteiger partial charge >= 0.3 is 0 Å². The van der Waals surface area contributed by atoms with Crippen molar-refractivity contribution in [2.24, 2.45) is 5.73 Å². The molecule has 0 unspecified atom stereocenters. The number of hydrogen-bond donors (Lipinski definition) is 2. The molecule has 0 radical (unpaired) electrons. The number of nitrogens with two attached hydrogens (primary N) is 2. The van der Waals surface area contributed by atoms with E-state index in [4.69, 9.17) is 16.2 Å². The van der Waals surface area contributed by atoms with E-state index in [0.717, 1.165) is 16.3 Å². The first-order valence-corrected chi connectivity index (χ1v) is 5.83. The minimum Gasteiger partial charge on any atom is -0.494 e. The first-order chi connectivity index (χ1) is 9.22. The van der Waals surface area contributed by atoms with E-state index in [1.54, 1.807) is 7.11 Å². The lowest BCUT2D eigenvalue weighted by molar-refractivity contribution is 0.419. The highest BCUT2D eigenvalue weighted by atomic mass is 16.5. The van der Waals surface area contributed by atoms with Crippen LogP contribution in [0.25, 0.3) is 21.9 Å². The molecule has 0 aliphatic carbocycles. The normalized spacial score (nSPS) is 11.1. The fourth-order valence-corrected chi connectivity index (χ4v) is 2.04. The van der Waals surface area contributed by atoms with Crippen LogP contribution in [0.2, 0.25) is 0 Å². The van der Waals surface area contributed by atoms with E-state index >= 15 is 0 Å². The van der Waals surface area contributed by atoms with E-state index in [9.17, 15) is 0 Å². The van der Waals surface area contributed by atoms with Crippen molar-refractivity contribution in [1.82, 2.24) is 15.0 Å². The third kappa shape index (κ3) is 1.82. The largest absolute Gasteiger partial charge is 0.494 e. The van der Waals surface area contributed by atoms with E-state index in [2.05, 4.69) is 15.0 Å². The number of methoxy groups -OCH3 is 1. The second-order valence-corrected chi connectivity index (χ2v) is 4.12. The lowest BCUT2D eigenvalue weighted by atomic mass is 10.1. The van der Waals surface area contributed by atoms with Gasteiger partial charge in [0.2, 0.25) is 0 Å². The van der Waals surface area contributed by atoms with Crippen LogP contribution in [-0.4, -0.2) is 22.1 Å². The summed E-state index contributed by atoms with van der Waals surface area (Å²) < 4.78 is 5.30. The maximum absolute atomic E-state index is 5.92. The molecule has 0 aliphatic heterocycles. The fourth-order valence-electron chi connectivity index (χ4n) is 2.04. The molecule has 2 aromatic heterocycles. The zero-order valence-corrected chi connectivity index (χ0v) is 10.4. The van der Waals surface area contributed by atoms with Gasteiger partial charge in [0.15, 0.2) is 5.65 Å². The van der Waals surface area contributed by atoms with Gasteiger partial charge in [0.1, 0.15) is 22.9 Å². The molecular weight excluding hydrogens is 242 g/mol. The first kappa shape index (κ1) is 11.6. The molecule has 0 aliphatic rings. The molecule has 0 fully saturated rings. The summed E-state index contributed by atoms with van der Waals surface area (Å²) in [6, 6.07) is 7.62. The average molecular weight is 255 g/mol. The standard InChI is InChI=1S/C13H13N5O/c1-19-9-4-2-3-7-5-8-12(15)16-10(6-14)17-13(8)18-11(7)9/h2-5H,6,14H2,1H3,(H2,15,16,17,18). The molecule has 0 saturated carbocycles. The minimum absolute atomic E-state index is 0.228. The van der Waals surface area contributed by atoms with Crippen molar-refractivity contribution >= 4 is 27.8 Å². The van der Waals surface area contributed by atoms with Gasteiger partial charge in [0.25, 0.3) is 0 Å². The lowest BCUT2D eigenvalue weighted by Gasteiger charge is -2.07. The van der Waals surface area contributed by atoms with Crippen LogP contribution in [0.5, 0.6) is 5.75 Å². The van der Waals surface area contributed by atoms with Crippen molar-refractivity contribution in [2.75, 3.05) is 12.8 Å². The molecule has 4 N–H and O–H groups in total. The number of fused-ring (bicyclic) bond motifs is 2. The highest BCUT2D eigenvalue weighted by Crippen LogP contribution is 2.27. The van der Waals surface area contributed by atoms with Crippen LogP contribution in [0.4, 0.5) is 5.82 Å². The topological polar surface area (TPSA) is 99.9 Å². The Morgan fingerprint density at radius 3 is 2.79 bits per heavy atom. The molecular formula is C13H13N5O. The number of para-hydroxylation sites is 1. The second kappa shape index (κ2) is 4.33. The van der Waals surface area contributed by atoms with Gasteiger partial charge in [-0.3, -0.25) is 0 Å². The highest BCUT2D eigenvalue weighted by Gasteiger charge is 2.10. The number of nitrogen functional groups attached to an aromatic ring is 1. The SMILES string of the molecule is COc1cccc2cc3c(N)nc(CN)nc3nc12. The Morgan fingerprint density at radius 2 is 2.05 bits per heavy atom. The van der Waals surface area contributed by atoms with Crippen molar-refractivity contribution in [1.29, 1.82) is 0 Å². The summed E-state index contributed by atoms with van der Waals surface area (Å²) in [5.41, 5.74) is 12.7. The Morgan fingerprint density at radius 1 is 1.21 bits per heavy atom. The molecule has 0 bridgehead atoms. The third-order valence-corrected chi connectivity index (χ3v) is 2.95. The number of hydrogen-bond acceptors (Lipinski definition) is 6. The van der Waals surface area contributed by atoms with Gasteiger partial charge in [0.05, 0.1) is 19.0 Å². The molecule has 96 valence electrons. The van der Waals surface area contributed by atoms with Crippen LogP contribution in [0, 0.1) is 0 Å². The molecule has 0 atom stereocenters. The zero-order valence-electron chi connectivity index (χ0n) is 10.4. The summed E-state index contributed by atoms with van der Waals surface area (Å²) >= 11 is 0. The van der Waals surface area contributed by atoms with Crippen LogP contribution in [0.1, 0.15) is 5.82 Å². The van der Waals surface area contributed by atoms with E-state index in [1.165, 1.54) is 0 Å². The predicted octanol–water partition coefficient (Wildman–Crippen LogP) is 1.23. The molecule has 3 rings (SSSR count). The molecule has 19 heavy (non-hydrogen) atoms. The van der Waals surface area contributed by atoms with E-state index in [1.807, 2.05) is 24.3 Å². The van der Waals surface area contributed by atoms with Gasteiger partial charge in [-0.2, -0.15) is 0 Å². The van der Waals surface area contributed by atoms with Crippen LogP contribution >= 0.6 is 0 Å². The maximum Gasteiger partial charge on any atom is 0.165 e. The number of pyridine rings is 1. The van der Waals surface area contributed by atoms with Crippen LogP contribution in [0.3, 0.4) is 0 Å². The van der Waals surface area contributed by atoms with Gasteiger partial charge in [-0.05, 0) is 12.1 Å². The van der Waals surface area contributed by atoms with Crippen LogP contribution in [0.15, 0.2) is 24.3 Å². The maximum atomic E-state index is 5.92. The zero-order chi connectivity index (χ0) is 13.4. The fraction of sp³-hybridized carbons (Fsp3) is 0.154. The van der Waals surface area contributed by atoms with Crippen molar-refractivity contribution in [3.05, 3.63) is 30.1 Å². The predicted molar refractivity (Wildman–Crippen MR) is 73.7 cm³/mol. The molecule has 0 spiro atoms. The second-order valence-electron chi connectivity index (χ2n) is 4.12. The monoisotopic (exact) mass is 255 g/mol. The average Bonchev–Trinajstić information content (AvgIpc) is 2.44. The summed E-state index contributed by atoms with van der Waals surface area (Å²) in [6.45, 7) is 0.228. The van der Waals surface area contributed by atoms with Gasteiger partial charge in [-0.15, -0.1) is 0 Å². The Bertz CT molecular complexity index is 772. The first-order valence-electron chi connectivity index (χ1n) is 5.83. The Kier molecular flexibility index (Phi) is 2.64.